The van der Waals surface area contributed by atoms with Gasteiger partial charge in [0.15, 0.2) is 5.82 Å². The average Bonchev–Trinajstić information content (AvgIpc) is 2.37. The molecule has 1 fully saturated rings. The molecule has 1 aromatic heterocycles. The van der Waals surface area contributed by atoms with Gasteiger partial charge >= 0.3 is 0 Å². The van der Waals surface area contributed by atoms with Crippen LogP contribution in [0.2, 0.25) is 0 Å². The third-order valence-electron chi connectivity index (χ3n) is 4.17. The fraction of sp³-hybridized carbons (Fsp3) is 0.643. The fourth-order valence-corrected chi connectivity index (χ4v) is 3.29. The van der Waals surface area contributed by atoms with Gasteiger partial charge in [0.25, 0.3) is 0 Å². The summed E-state index contributed by atoms with van der Waals surface area (Å²) in [6, 6.07) is 3.93. The van der Waals surface area contributed by atoms with E-state index in [9.17, 15) is 0 Å². The molecule has 0 radical (unpaired) electrons. The molecule has 2 heterocycles. The molecule has 1 aromatic rings. The largest absolute Gasteiger partial charge is 0.481 e. The fourth-order valence-electron chi connectivity index (χ4n) is 3.29. The van der Waals surface area contributed by atoms with Crippen molar-refractivity contribution in [2.24, 2.45) is 5.92 Å². The third-order valence-corrected chi connectivity index (χ3v) is 4.17. The molecule has 4 nitrogen and oxygen atoms in total. The van der Waals surface area contributed by atoms with Crippen molar-refractivity contribution in [2.45, 2.75) is 38.1 Å². The number of fused-ring (bicyclic) bond motifs is 1. The Hall–Kier alpha value is -1.45. The Balaban J connectivity index is 1.87. The molecule has 1 aliphatic heterocycles. The Morgan fingerprint density at radius 1 is 1.44 bits per heavy atom. The lowest BCUT2D eigenvalue weighted by Crippen LogP contribution is -2.50. The zero-order valence-electron chi connectivity index (χ0n) is 11.1. The van der Waals surface area contributed by atoms with Gasteiger partial charge in [0.1, 0.15) is 0 Å². The lowest BCUT2D eigenvalue weighted by molar-refractivity contribution is 0.265. The average molecular weight is 247 g/mol. The lowest BCUT2D eigenvalue weighted by atomic mass is 9.75. The molecule has 1 saturated carbocycles. The van der Waals surface area contributed by atoms with Crippen LogP contribution in [0.25, 0.3) is 0 Å². The Morgan fingerprint density at radius 3 is 3.11 bits per heavy atom. The minimum Gasteiger partial charge on any atom is -0.481 e. The molecule has 2 atom stereocenters. The summed E-state index contributed by atoms with van der Waals surface area (Å²) in [7, 11) is 1.66. The first-order valence-electron chi connectivity index (χ1n) is 6.78. The molecule has 2 N–H and O–H groups in total. The number of pyridine rings is 1. The van der Waals surface area contributed by atoms with Crippen molar-refractivity contribution in [3.05, 3.63) is 12.1 Å². The van der Waals surface area contributed by atoms with Crippen LogP contribution in [0.5, 0.6) is 5.88 Å². The van der Waals surface area contributed by atoms with Gasteiger partial charge in [-0.1, -0.05) is 19.8 Å². The van der Waals surface area contributed by atoms with E-state index in [0.717, 1.165) is 24.0 Å². The minimum absolute atomic E-state index is 0.185. The summed E-state index contributed by atoms with van der Waals surface area (Å²) in [6.45, 7) is 3.34. The predicted molar refractivity (Wildman–Crippen MR) is 73.3 cm³/mol. The van der Waals surface area contributed by atoms with Crippen LogP contribution in [0.4, 0.5) is 11.5 Å². The van der Waals surface area contributed by atoms with Crippen molar-refractivity contribution in [3.8, 4) is 5.88 Å². The predicted octanol–water partition coefficient (Wildman–Crippen LogP) is 2.88. The summed E-state index contributed by atoms with van der Waals surface area (Å²) < 4.78 is 5.20. The standard InChI is InChI=1S/C14H21N3O/c1-10-4-3-7-14(8-10)9-15-11-5-6-12(18-2)16-13(11)17-14/h5-6,10,15H,3-4,7-9H2,1-2H3,(H,16,17). The number of hydrogen-bond acceptors (Lipinski definition) is 4. The molecule has 0 bridgehead atoms. The van der Waals surface area contributed by atoms with Crippen LogP contribution >= 0.6 is 0 Å². The maximum atomic E-state index is 5.20. The smallest absolute Gasteiger partial charge is 0.215 e. The first-order chi connectivity index (χ1) is 8.71. The normalized spacial score (nSPS) is 30.2. The van der Waals surface area contributed by atoms with Crippen molar-refractivity contribution in [3.63, 3.8) is 0 Å². The van der Waals surface area contributed by atoms with Crippen LogP contribution < -0.4 is 15.4 Å². The van der Waals surface area contributed by atoms with Gasteiger partial charge in [-0.3, -0.25) is 0 Å². The van der Waals surface area contributed by atoms with Gasteiger partial charge < -0.3 is 15.4 Å². The topological polar surface area (TPSA) is 46.2 Å². The number of hydrogen-bond donors (Lipinski definition) is 2. The second-order valence-electron chi connectivity index (χ2n) is 5.71. The molecular formula is C14H21N3O. The second-order valence-corrected chi connectivity index (χ2v) is 5.71. The quantitative estimate of drug-likeness (QED) is 0.801. The van der Waals surface area contributed by atoms with Crippen LogP contribution in [-0.4, -0.2) is 24.2 Å². The van der Waals surface area contributed by atoms with Crippen molar-refractivity contribution in [1.82, 2.24) is 4.98 Å². The van der Waals surface area contributed by atoms with Crippen molar-refractivity contribution >= 4 is 11.5 Å². The summed E-state index contributed by atoms with van der Waals surface area (Å²) in [5.41, 5.74) is 1.27. The molecule has 2 aliphatic rings. The van der Waals surface area contributed by atoms with E-state index in [0.29, 0.717) is 5.88 Å². The summed E-state index contributed by atoms with van der Waals surface area (Å²) >= 11 is 0. The molecule has 1 aliphatic carbocycles. The minimum atomic E-state index is 0.185. The Morgan fingerprint density at radius 2 is 2.33 bits per heavy atom. The van der Waals surface area contributed by atoms with E-state index in [1.165, 1.54) is 25.7 Å². The molecule has 18 heavy (non-hydrogen) atoms. The molecule has 3 rings (SSSR count). The van der Waals surface area contributed by atoms with Gasteiger partial charge in [-0.05, 0) is 24.8 Å². The maximum absolute atomic E-state index is 5.20. The lowest BCUT2D eigenvalue weighted by Gasteiger charge is -2.44. The summed E-state index contributed by atoms with van der Waals surface area (Å²) in [5, 5.41) is 7.18. The molecule has 1 spiro atoms. The first kappa shape index (κ1) is 11.6. The zero-order chi connectivity index (χ0) is 12.6. The van der Waals surface area contributed by atoms with E-state index in [4.69, 9.17) is 4.74 Å². The van der Waals surface area contributed by atoms with Gasteiger partial charge in [-0.15, -0.1) is 0 Å². The SMILES string of the molecule is COc1ccc2c(n1)NC1(CCCC(C)C1)CN2. The molecule has 0 aromatic carbocycles. The molecule has 4 heteroatoms. The number of anilines is 2. The monoisotopic (exact) mass is 247 g/mol. The van der Waals surface area contributed by atoms with E-state index < -0.39 is 0 Å². The highest BCUT2D eigenvalue weighted by Crippen LogP contribution is 2.39. The van der Waals surface area contributed by atoms with Crippen LogP contribution in [0.1, 0.15) is 32.6 Å². The van der Waals surface area contributed by atoms with Gasteiger partial charge in [-0.25, -0.2) is 0 Å². The van der Waals surface area contributed by atoms with E-state index in [2.05, 4.69) is 22.5 Å². The van der Waals surface area contributed by atoms with Gasteiger partial charge in [-0.2, -0.15) is 4.98 Å². The van der Waals surface area contributed by atoms with E-state index >= 15 is 0 Å². The van der Waals surface area contributed by atoms with Crippen LogP contribution in [-0.2, 0) is 0 Å². The van der Waals surface area contributed by atoms with E-state index in [-0.39, 0.29) is 5.54 Å². The second kappa shape index (κ2) is 4.34. The zero-order valence-corrected chi connectivity index (χ0v) is 11.1. The van der Waals surface area contributed by atoms with E-state index in [1.54, 1.807) is 7.11 Å². The van der Waals surface area contributed by atoms with Gasteiger partial charge in [0, 0.05) is 12.6 Å². The Bertz CT molecular complexity index is 449. The van der Waals surface area contributed by atoms with Gasteiger partial charge in [0.2, 0.25) is 5.88 Å². The first-order valence-corrected chi connectivity index (χ1v) is 6.78. The highest BCUT2D eigenvalue weighted by molar-refractivity contribution is 5.69. The summed E-state index contributed by atoms with van der Waals surface area (Å²) in [4.78, 5) is 4.51. The molecule has 0 saturated heterocycles. The van der Waals surface area contributed by atoms with Crippen molar-refractivity contribution in [2.75, 3.05) is 24.3 Å². The van der Waals surface area contributed by atoms with Crippen molar-refractivity contribution < 1.29 is 4.74 Å². The third kappa shape index (κ3) is 2.00. The number of methoxy groups -OCH3 is 1. The van der Waals surface area contributed by atoms with Crippen LogP contribution in [0.15, 0.2) is 12.1 Å². The molecule has 2 unspecified atom stereocenters. The summed E-state index contributed by atoms with van der Waals surface area (Å²) in [6.07, 6.45) is 5.10. The maximum Gasteiger partial charge on any atom is 0.215 e. The molecule has 0 amide bonds. The summed E-state index contributed by atoms with van der Waals surface area (Å²) in [5.74, 6) is 2.40. The number of rotatable bonds is 1. The molecule has 98 valence electrons. The Labute approximate surface area is 108 Å². The number of aromatic nitrogens is 1. The molecular weight excluding hydrogens is 226 g/mol. The highest BCUT2D eigenvalue weighted by atomic mass is 16.5. The van der Waals surface area contributed by atoms with Crippen molar-refractivity contribution in [1.29, 1.82) is 0 Å². The van der Waals surface area contributed by atoms with Gasteiger partial charge in [0.05, 0.1) is 18.3 Å². The van der Waals surface area contributed by atoms with Crippen LogP contribution in [0.3, 0.4) is 0 Å². The van der Waals surface area contributed by atoms with Crippen LogP contribution in [0, 0.1) is 5.92 Å². The highest BCUT2D eigenvalue weighted by Gasteiger charge is 2.38. The van der Waals surface area contributed by atoms with E-state index in [1.807, 2.05) is 12.1 Å². The number of nitrogens with one attached hydrogen (secondary N) is 2. The number of nitrogens with zero attached hydrogens (tertiary/aromatic N) is 1. The number of ether oxygens (including phenoxy) is 1. The Kier molecular flexibility index (Phi) is 2.80.